The largest absolute Gasteiger partial charge is 0.486 e. The van der Waals surface area contributed by atoms with Crippen molar-refractivity contribution in [1.82, 2.24) is 4.31 Å². The number of ether oxygens (including phenoxy) is 2. The molecular formula is C22H26N2O5S. The summed E-state index contributed by atoms with van der Waals surface area (Å²) < 4.78 is 38.5. The number of anilines is 1. The molecule has 0 saturated carbocycles. The number of piperidine rings is 1. The van der Waals surface area contributed by atoms with Crippen LogP contribution in [0, 0.1) is 5.92 Å². The zero-order valence-corrected chi connectivity index (χ0v) is 17.8. The van der Waals surface area contributed by atoms with Crippen LogP contribution in [0.1, 0.15) is 25.3 Å². The van der Waals surface area contributed by atoms with E-state index in [4.69, 9.17) is 9.47 Å². The Kier molecular flexibility index (Phi) is 5.97. The van der Waals surface area contributed by atoms with Gasteiger partial charge in [-0.15, -0.1) is 0 Å². The highest BCUT2D eigenvalue weighted by molar-refractivity contribution is 7.89. The Morgan fingerprint density at radius 2 is 1.77 bits per heavy atom. The number of benzene rings is 2. The van der Waals surface area contributed by atoms with Crippen molar-refractivity contribution in [1.29, 1.82) is 0 Å². The van der Waals surface area contributed by atoms with E-state index in [-0.39, 0.29) is 16.7 Å². The average Bonchev–Trinajstić information content (AvgIpc) is 2.79. The number of carbonyl (C=O) groups excluding carboxylic acids is 1. The van der Waals surface area contributed by atoms with Crippen LogP contribution >= 0.6 is 0 Å². The molecule has 0 aromatic heterocycles. The Labute approximate surface area is 177 Å². The van der Waals surface area contributed by atoms with Gasteiger partial charge in [0.15, 0.2) is 11.5 Å². The zero-order chi connectivity index (χ0) is 21.1. The Morgan fingerprint density at radius 3 is 2.50 bits per heavy atom. The van der Waals surface area contributed by atoms with Gasteiger partial charge in [0.2, 0.25) is 15.9 Å². The molecule has 1 fully saturated rings. The van der Waals surface area contributed by atoms with Crippen LogP contribution in [0.4, 0.5) is 5.69 Å². The molecule has 2 heterocycles. The van der Waals surface area contributed by atoms with E-state index in [2.05, 4.69) is 5.32 Å². The van der Waals surface area contributed by atoms with Crippen LogP contribution in [0.3, 0.4) is 0 Å². The number of nitrogens with zero attached hydrogens (tertiary/aromatic N) is 1. The molecule has 0 radical (unpaired) electrons. The van der Waals surface area contributed by atoms with E-state index >= 15 is 0 Å². The predicted molar refractivity (Wildman–Crippen MR) is 113 cm³/mol. The van der Waals surface area contributed by atoms with Crippen LogP contribution in [-0.2, 0) is 21.2 Å². The number of carbonyl (C=O) groups is 1. The van der Waals surface area contributed by atoms with Crippen LogP contribution < -0.4 is 14.8 Å². The number of rotatable bonds is 5. The third-order valence-corrected chi connectivity index (χ3v) is 7.53. The summed E-state index contributed by atoms with van der Waals surface area (Å²) >= 11 is 0. The van der Waals surface area contributed by atoms with E-state index < -0.39 is 10.0 Å². The molecule has 160 valence electrons. The summed E-state index contributed by atoms with van der Waals surface area (Å²) in [7, 11) is -3.65. The molecule has 1 N–H and O–H groups in total. The molecule has 30 heavy (non-hydrogen) atoms. The van der Waals surface area contributed by atoms with Crippen LogP contribution in [-0.4, -0.2) is 44.9 Å². The van der Waals surface area contributed by atoms with Crippen molar-refractivity contribution in [3.63, 3.8) is 0 Å². The molecule has 0 spiro atoms. The maximum Gasteiger partial charge on any atom is 0.243 e. The van der Waals surface area contributed by atoms with Gasteiger partial charge in [0.05, 0.1) is 4.90 Å². The van der Waals surface area contributed by atoms with Gasteiger partial charge in [0.25, 0.3) is 0 Å². The van der Waals surface area contributed by atoms with E-state index in [1.165, 1.54) is 10.4 Å². The first-order chi connectivity index (χ1) is 14.5. The van der Waals surface area contributed by atoms with E-state index in [9.17, 15) is 13.2 Å². The number of aryl methyl sites for hydroxylation is 1. The van der Waals surface area contributed by atoms with E-state index in [0.717, 1.165) is 17.7 Å². The fourth-order valence-corrected chi connectivity index (χ4v) is 5.36. The van der Waals surface area contributed by atoms with Crippen molar-refractivity contribution in [2.75, 3.05) is 31.6 Å². The summed E-state index contributed by atoms with van der Waals surface area (Å²) in [5, 5.41) is 3.01. The van der Waals surface area contributed by atoms with Crippen molar-refractivity contribution < 1.29 is 22.7 Å². The van der Waals surface area contributed by atoms with Gasteiger partial charge in [0, 0.05) is 30.8 Å². The molecular weight excluding hydrogens is 404 g/mol. The van der Waals surface area contributed by atoms with Crippen molar-refractivity contribution in [2.24, 2.45) is 5.92 Å². The predicted octanol–water partition coefficient (Wildman–Crippen LogP) is 3.06. The van der Waals surface area contributed by atoms with Gasteiger partial charge >= 0.3 is 0 Å². The number of nitrogens with one attached hydrogen (secondary N) is 1. The van der Waals surface area contributed by atoms with Gasteiger partial charge in [-0.2, -0.15) is 4.31 Å². The first kappa shape index (κ1) is 20.7. The first-order valence-electron chi connectivity index (χ1n) is 10.3. The SMILES string of the molecule is CCc1ccccc1NC(=O)C1CCN(S(=O)(=O)c2ccc3c(c2)OCCO3)CC1. The maximum atomic E-state index is 13.1. The fraction of sp³-hybridized carbons (Fsp3) is 0.409. The molecule has 2 aromatic carbocycles. The maximum absolute atomic E-state index is 13.1. The lowest BCUT2D eigenvalue weighted by atomic mass is 9.97. The Hall–Kier alpha value is -2.58. The number of hydrogen-bond donors (Lipinski definition) is 1. The Balaban J connectivity index is 1.40. The molecule has 0 atom stereocenters. The van der Waals surface area contributed by atoms with Gasteiger partial charge < -0.3 is 14.8 Å². The number of amides is 1. The molecule has 0 aliphatic carbocycles. The van der Waals surface area contributed by atoms with Crippen molar-refractivity contribution >= 4 is 21.6 Å². The number of hydrogen-bond acceptors (Lipinski definition) is 5. The second-order valence-electron chi connectivity index (χ2n) is 7.48. The lowest BCUT2D eigenvalue weighted by Gasteiger charge is -2.31. The van der Waals surface area contributed by atoms with Gasteiger partial charge in [-0.1, -0.05) is 25.1 Å². The minimum Gasteiger partial charge on any atom is -0.486 e. The minimum absolute atomic E-state index is 0.0488. The molecule has 2 aromatic rings. The zero-order valence-electron chi connectivity index (χ0n) is 17.0. The highest BCUT2D eigenvalue weighted by Crippen LogP contribution is 2.34. The number of para-hydroxylation sites is 1. The molecule has 0 bridgehead atoms. The van der Waals surface area contributed by atoms with Crippen LogP contribution in [0.15, 0.2) is 47.4 Å². The van der Waals surface area contributed by atoms with Crippen molar-refractivity contribution in [2.45, 2.75) is 31.1 Å². The molecule has 8 heteroatoms. The lowest BCUT2D eigenvalue weighted by Crippen LogP contribution is -2.41. The monoisotopic (exact) mass is 430 g/mol. The van der Waals surface area contributed by atoms with Crippen LogP contribution in [0.25, 0.3) is 0 Å². The highest BCUT2D eigenvalue weighted by atomic mass is 32.2. The molecule has 2 aliphatic rings. The van der Waals surface area contributed by atoms with Gasteiger partial charge in [-0.05, 0) is 43.0 Å². The number of fused-ring (bicyclic) bond motifs is 1. The average molecular weight is 431 g/mol. The van der Waals surface area contributed by atoms with Crippen LogP contribution in [0.2, 0.25) is 0 Å². The molecule has 1 amide bonds. The van der Waals surface area contributed by atoms with Gasteiger partial charge in [-0.25, -0.2) is 8.42 Å². The summed E-state index contributed by atoms with van der Waals surface area (Å²) in [6.45, 7) is 3.52. The normalized spacial score (nSPS) is 17.5. The number of sulfonamides is 1. The smallest absolute Gasteiger partial charge is 0.243 e. The third kappa shape index (κ3) is 4.15. The minimum atomic E-state index is -3.65. The summed E-state index contributed by atoms with van der Waals surface area (Å²) in [5.74, 6) is 0.753. The molecule has 1 saturated heterocycles. The summed E-state index contributed by atoms with van der Waals surface area (Å²) in [6, 6.07) is 12.4. The van der Waals surface area contributed by atoms with E-state index in [0.29, 0.717) is 50.6 Å². The Morgan fingerprint density at radius 1 is 1.07 bits per heavy atom. The third-order valence-electron chi connectivity index (χ3n) is 5.63. The molecule has 4 rings (SSSR count). The quantitative estimate of drug-likeness (QED) is 0.788. The summed E-state index contributed by atoms with van der Waals surface area (Å²) in [5.41, 5.74) is 1.92. The fourth-order valence-electron chi connectivity index (χ4n) is 3.88. The van der Waals surface area contributed by atoms with E-state index in [1.54, 1.807) is 12.1 Å². The van der Waals surface area contributed by atoms with Crippen LogP contribution in [0.5, 0.6) is 11.5 Å². The van der Waals surface area contributed by atoms with Gasteiger partial charge in [-0.3, -0.25) is 4.79 Å². The van der Waals surface area contributed by atoms with E-state index in [1.807, 2.05) is 31.2 Å². The van der Waals surface area contributed by atoms with Gasteiger partial charge in [0.1, 0.15) is 13.2 Å². The second kappa shape index (κ2) is 8.65. The molecule has 2 aliphatic heterocycles. The first-order valence-corrected chi connectivity index (χ1v) is 11.7. The molecule has 0 unspecified atom stereocenters. The Bertz CT molecular complexity index is 1030. The highest BCUT2D eigenvalue weighted by Gasteiger charge is 2.33. The topological polar surface area (TPSA) is 84.9 Å². The second-order valence-corrected chi connectivity index (χ2v) is 9.42. The molecule has 7 nitrogen and oxygen atoms in total. The summed E-state index contributed by atoms with van der Waals surface area (Å²) in [4.78, 5) is 12.9. The standard InChI is InChI=1S/C22H26N2O5S/c1-2-16-5-3-4-6-19(16)23-22(25)17-9-11-24(12-10-17)30(26,27)18-7-8-20-21(15-18)29-14-13-28-20/h3-8,15,17H,2,9-14H2,1H3,(H,23,25). The lowest BCUT2D eigenvalue weighted by molar-refractivity contribution is -0.120. The summed E-state index contributed by atoms with van der Waals surface area (Å²) in [6.07, 6.45) is 1.82. The van der Waals surface area contributed by atoms with Crippen molar-refractivity contribution in [3.8, 4) is 11.5 Å². The van der Waals surface area contributed by atoms with Crippen molar-refractivity contribution in [3.05, 3.63) is 48.0 Å².